The molecule has 0 aromatic heterocycles. The van der Waals surface area contributed by atoms with E-state index in [2.05, 4.69) is 12.2 Å². The molecule has 0 fully saturated rings. The molecule has 1 N–H and O–H groups in total. The van der Waals surface area contributed by atoms with E-state index in [0.717, 1.165) is 24.0 Å². The molecule has 0 bridgehead atoms. The van der Waals surface area contributed by atoms with Crippen molar-refractivity contribution < 1.29 is 9.59 Å². The normalized spacial score (nSPS) is 11.6. The van der Waals surface area contributed by atoms with Crippen LogP contribution in [0, 0.1) is 0 Å². The second-order valence-electron chi connectivity index (χ2n) is 6.22. The molecule has 0 heterocycles. The van der Waals surface area contributed by atoms with Crippen LogP contribution in [0.15, 0.2) is 54.6 Å². The number of hydrogen-bond acceptors (Lipinski definition) is 2. The van der Waals surface area contributed by atoms with Crippen molar-refractivity contribution in [2.45, 2.75) is 32.2 Å². The molecular weight excluding hydrogens is 312 g/mol. The molecule has 25 heavy (non-hydrogen) atoms. The Kier molecular flexibility index (Phi) is 6.75. The first kappa shape index (κ1) is 18.7. The Hall–Kier alpha value is -2.62. The van der Waals surface area contributed by atoms with Gasteiger partial charge >= 0.3 is 0 Å². The van der Waals surface area contributed by atoms with E-state index in [0.29, 0.717) is 12.1 Å². The number of benzene rings is 2. The van der Waals surface area contributed by atoms with Gasteiger partial charge in [0.05, 0.1) is 5.92 Å². The molecule has 4 heteroatoms. The first-order valence-corrected chi connectivity index (χ1v) is 8.67. The minimum atomic E-state index is -0.110. The monoisotopic (exact) mass is 338 g/mol. The lowest BCUT2D eigenvalue weighted by Crippen LogP contribution is -2.31. The van der Waals surface area contributed by atoms with E-state index in [1.54, 1.807) is 24.1 Å². The summed E-state index contributed by atoms with van der Waals surface area (Å²) in [5.74, 6) is -0.0900. The standard InChI is InChI=1S/C21H26N2O2/c1-4-8-19(17-9-6-5-7-10-17)21(25)23(3)15-16-11-13-18(14-12-16)20(24)22-2/h5-7,9-14,19H,4,8,15H2,1-3H3,(H,22,24)/t19-/m1/s1. The van der Waals surface area contributed by atoms with Gasteiger partial charge in [-0.1, -0.05) is 55.8 Å². The van der Waals surface area contributed by atoms with Crippen molar-refractivity contribution in [3.05, 3.63) is 71.3 Å². The maximum atomic E-state index is 12.9. The first-order valence-electron chi connectivity index (χ1n) is 8.67. The van der Waals surface area contributed by atoms with Gasteiger partial charge in [0, 0.05) is 26.2 Å². The number of likely N-dealkylation sites (N-methyl/N-ethyl adjacent to an activating group) is 1. The second-order valence-corrected chi connectivity index (χ2v) is 6.22. The third-order valence-corrected chi connectivity index (χ3v) is 4.32. The largest absolute Gasteiger partial charge is 0.355 e. The van der Waals surface area contributed by atoms with Gasteiger partial charge in [-0.2, -0.15) is 0 Å². The number of nitrogens with zero attached hydrogens (tertiary/aromatic N) is 1. The van der Waals surface area contributed by atoms with Crippen molar-refractivity contribution in [2.24, 2.45) is 0 Å². The molecule has 0 aliphatic carbocycles. The summed E-state index contributed by atoms with van der Waals surface area (Å²) < 4.78 is 0. The number of nitrogens with one attached hydrogen (secondary N) is 1. The van der Waals surface area contributed by atoms with Gasteiger partial charge in [0.1, 0.15) is 0 Å². The highest BCUT2D eigenvalue weighted by Crippen LogP contribution is 2.24. The van der Waals surface area contributed by atoms with E-state index in [1.807, 2.05) is 49.5 Å². The number of amides is 2. The molecule has 2 aromatic rings. The van der Waals surface area contributed by atoms with Crippen molar-refractivity contribution in [3.8, 4) is 0 Å². The van der Waals surface area contributed by atoms with Gasteiger partial charge in [0.2, 0.25) is 5.91 Å². The summed E-state index contributed by atoms with van der Waals surface area (Å²) in [6.45, 7) is 2.63. The molecule has 0 saturated heterocycles. The number of rotatable bonds is 7. The van der Waals surface area contributed by atoms with Crippen LogP contribution < -0.4 is 5.32 Å². The maximum absolute atomic E-state index is 12.9. The summed E-state index contributed by atoms with van der Waals surface area (Å²) in [6, 6.07) is 17.3. The van der Waals surface area contributed by atoms with Crippen LogP contribution in [-0.2, 0) is 11.3 Å². The summed E-state index contributed by atoms with van der Waals surface area (Å²) in [5, 5.41) is 2.60. The third-order valence-electron chi connectivity index (χ3n) is 4.32. The highest BCUT2D eigenvalue weighted by Gasteiger charge is 2.23. The van der Waals surface area contributed by atoms with Crippen molar-refractivity contribution in [1.29, 1.82) is 0 Å². The fraction of sp³-hybridized carbons (Fsp3) is 0.333. The predicted octanol–water partition coefficient (Wildman–Crippen LogP) is 3.59. The Morgan fingerprint density at radius 2 is 1.68 bits per heavy atom. The van der Waals surface area contributed by atoms with Gasteiger partial charge in [0.15, 0.2) is 0 Å². The molecule has 0 aliphatic heterocycles. The molecule has 132 valence electrons. The van der Waals surface area contributed by atoms with E-state index < -0.39 is 0 Å². The predicted molar refractivity (Wildman–Crippen MR) is 100 cm³/mol. The molecule has 2 aromatic carbocycles. The van der Waals surface area contributed by atoms with Gasteiger partial charge in [-0.05, 0) is 29.7 Å². The number of carbonyl (C=O) groups excluding carboxylic acids is 2. The molecule has 0 saturated carbocycles. The van der Waals surface area contributed by atoms with E-state index in [9.17, 15) is 9.59 Å². The third kappa shape index (κ3) is 4.92. The van der Waals surface area contributed by atoms with Crippen LogP contribution in [-0.4, -0.2) is 30.8 Å². The molecule has 0 unspecified atom stereocenters. The second kappa shape index (κ2) is 9.02. The van der Waals surface area contributed by atoms with Crippen LogP contribution in [0.2, 0.25) is 0 Å². The van der Waals surface area contributed by atoms with Crippen molar-refractivity contribution in [1.82, 2.24) is 10.2 Å². The van der Waals surface area contributed by atoms with E-state index in [1.165, 1.54) is 0 Å². The smallest absolute Gasteiger partial charge is 0.251 e. The lowest BCUT2D eigenvalue weighted by Gasteiger charge is -2.24. The summed E-state index contributed by atoms with van der Waals surface area (Å²) >= 11 is 0. The van der Waals surface area contributed by atoms with Gasteiger partial charge in [-0.3, -0.25) is 9.59 Å². The molecule has 4 nitrogen and oxygen atoms in total. The quantitative estimate of drug-likeness (QED) is 0.839. The van der Waals surface area contributed by atoms with Gasteiger partial charge < -0.3 is 10.2 Å². The van der Waals surface area contributed by atoms with E-state index >= 15 is 0 Å². The molecule has 0 aliphatic rings. The van der Waals surface area contributed by atoms with Crippen molar-refractivity contribution >= 4 is 11.8 Å². The average Bonchev–Trinajstić information content (AvgIpc) is 2.66. The molecule has 1 atom stereocenters. The van der Waals surface area contributed by atoms with Crippen LogP contribution in [0.1, 0.15) is 47.2 Å². The van der Waals surface area contributed by atoms with Crippen LogP contribution in [0.4, 0.5) is 0 Å². The van der Waals surface area contributed by atoms with E-state index in [-0.39, 0.29) is 17.7 Å². The Balaban J connectivity index is 2.08. The summed E-state index contributed by atoms with van der Waals surface area (Å²) in [4.78, 5) is 26.3. The summed E-state index contributed by atoms with van der Waals surface area (Å²) in [6.07, 6.45) is 1.79. The van der Waals surface area contributed by atoms with Crippen LogP contribution in [0.3, 0.4) is 0 Å². The zero-order chi connectivity index (χ0) is 18.2. The van der Waals surface area contributed by atoms with Crippen LogP contribution in [0.25, 0.3) is 0 Å². The lowest BCUT2D eigenvalue weighted by atomic mass is 9.93. The molecule has 0 radical (unpaired) electrons. The highest BCUT2D eigenvalue weighted by molar-refractivity contribution is 5.94. The molecule has 2 amide bonds. The molecular formula is C21H26N2O2. The SMILES string of the molecule is CCC[C@@H](C(=O)N(C)Cc1ccc(C(=O)NC)cc1)c1ccccc1. The fourth-order valence-corrected chi connectivity index (χ4v) is 2.93. The Morgan fingerprint density at radius 3 is 2.24 bits per heavy atom. The molecule has 2 rings (SSSR count). The zero-order valence-electron chi connectivity index (χ0n) is 15.2. The first-order chi connectivity index (χ1) is 12.1. The van der Waals surface area contributed by atoms with Gasteiger partial charge in [-0.25, -0.2) is 0 Å². The fourth-order valence-electron chi connectivity index (χ4n) is 2.93. The Morgan fingerprint density at radius 1 is 1.04 bits per heavy atom. The minimum absolute atomic E-state index is 0.108. The lowest BCUT2D eigenvalue weighted by molar-refractivity contribution is -0.132. The zero-order valence-corrected chi connectivity index (χ0v) is 15.2. The van der Waals surface area contributed by atoms with Crippen molar-refractivity contribution in [2.75, 3.05) is 14.1 Å². The van der Waals surface area contributed by atoms with E-state index in [4.69, 9.17) is 0 Å². The summed E-state index contributed by atoms with van der Waals surface area (Å²) in [5.41, 5.74) is 2.69. The summed E-state index contributed by atoms with van der Waals surface area (Å²) in [7, 11) is 3.45. The molecule has 0 spiro atoms. The minimum Gasteiger partial charge on any atom is -0.355 e. The van der Waals surface area contributed by atoms with Gasteiger partial charge in [0.25, 0.3) is 5.91 Å². The van der Waals surface area contributed by atoms with Crippen molar-refractivity contribution in [3.63, 3.8) is 0 Å². The Labute approximate surface area is 149 Å². The average molecular weight is 338 g/mol. The maximum Gasteiger partial charge on any atom is 0.251 e. The topological polar surface area (TPSA) is 49.4 Å². The van der Waals surface area contributed by atoms with Gasteiger partial charge in [-0.15, -0.1) is 0 Å². The van der Waals surface area contributed by atoms with Crippen LogP contribution >= 0.6 is 0 Å². The van der Waals surface area contributed by atoms with Crippen LogP contribution in [0.5, 0.6) is 0 Å². The number of hydrogen-bond donors (Lipinski definition) is 1. The highest BCUT2D eigenvalue weighted by atomic mass is 16.2. The Bertz CT molecular complexity index is 696. The number of carbonyl (C=O) groups is 2.